The Balaban J connectivity index is 2.64. The van der Waals surface area contributed by atoms with E-state index in [-0.39, 0.29) is 6.61 Å². The molecular weight excluding hydrogens is 176 g/mol. The smallest absolute Gasteiger partial charge is 0.0681 e. The largest absolute Gasteiger partial charge is 0.392 e. The number of ether oxygens (including phenoxy) is 1. The second-order valence-corrected chi connectivity index (χ2v) is 3.52. The SMILES string of the molecule is COCCCc1cc(CO)ccc1C. The highest BCUT2D eigenvalue weighted by molar-refractivity contribution is 5.30. The predicted molar refractivity (Wildman–Crippen MR) is 57.3 cm³/mol. The first-order valence-corrected chi connectivity index (χ1v) is 4.96. The third kappa shape index (κ3) is 3.13. The number of hydrogen-bond acceptors (Lipinski definition) is 2. The molecule has 0 heterocycles. The van der Waals surface area contributed by atoms with Gasteiger partial charge in [-0.2, -0.15) is 0 Å². The van der Waals surface area contributed by atoms with Crippen molar-refractivity contribution in [2.75, 3.05) is 13.7 Å². The van der Waals surface area contributed by atoms with Gasteiger partial charge in [0.05, 0.1) is 6.61 Å². The van der Waals surface area contributed by atoms with Crippen molar-refractivity contribution in [1.29, 1.82) is 0 Å². The van der Waals surface area contributed by atoms with Crippen molar-refractivity contribution in [2.45, 2.75) is 26.4 Å². The number of aliphatic hydroxyl groups is 1. The van der Waals surface area contributed by atoms with E-state index in [2.05, 4.69) is 19.1 Å². The molecule has 0 saturated heterocycles. The second-order valence-electron chi connectivity index (χ2n) is 3.52. The van der Waals surface area contributed by atoms with Crippen LogP contribution in [0.15, 0.2) is 18.2 Å². The first-order chi connectivity index (χ1) is 6.77. The van der Waals surface area contributed by atoms with Crippen molar-refractivity contribution in [3.8, 4) is 0 Å². The van der Waals surface area contributed by atoms with Gasteiger partial charge in [-0.05, 0) is 36.5 Å². The van der Waals surface area contributed by atoms with Gasteiger partial charge >= 0.3 is 0 Å². The van der Waals surface area contributed by atoms with E-state index >= 15 is 0 Å². The third-order valence-corrected chi connectivity index (χ3v) is 2.39. The van der Waals surface area contributed by atoms with Crippen molar-refractivity contribution in [1.82, 2.24) is 0 Å². The van der Waals surface area contributed by atoms with E-state index in [1.807, 2.05) is 6.07 Å². The third-order valence-electron chi connectivity index (χ3n) is 2.39. The summed E-state index contributed by atoms with van der Waals surface area (Å²) in [6.07, 6.45) is 2.06. The van der Waals surface area contributed by atoms with Crippen LogP contribution in [0, 0.1) is 6.92 Å². The Bertz CT molecular complexity index is 282. The molecule has 0 aliphatic carbocycles. The molecule has 0 amide bonds. The maximum absolute atomic E-state index is 9.00. The zero-order valence-corrected chi connectivity index (χ0v) is 8.92. The minimum absolute atomic E-state index is 0.123. The molecule has 0 bridgehead atoms. The van der Waals surface area contributed by atoms with Crippen LogP contribution in [0.3, 0.4) is 0 Å². The lowest BCUT2D eigenvalue weighted by molar-refractivity contribution is 0.195. The van der Waals surface area contributed by atoms with Gasteiger partial charge in [0.25, 0.3) is 0 Å². The first kappa shape index (κ1) is 11.2. The van der Waals surface area contributed by atoms with Crippen LogP contribution in [0.2, 0.25) is 0 Å². The van der Waals surface area contributed by atoms with Gasteiger partial charge in [-0.1, -0.05) is 18.2 Å². The van der Waals surface area contributed by atoms with Crippen molar-refractivity contribution in [3.63, 3.8) is 0 Å². The summed E-state index contributed by atoms with van der Waals surface area (Å²) in [5, 5.41) is 9.00. The Kier molecular flexibility index (Phi) is 4.63. The average Bonchev–Trinajstić information content (AvgIpc) is 2.21. The molecule has 0 radical (unpaired) electrons. The molecule has 1 rings (SSSR count). The van der Waals surface area contributed by atoms with E-state index in [1.165, 1.54) is 11.1 Å². The zero-order valence-electron chi connectivity index (χ0n) is 8.92. The highest BCUT2D eigenvalue weighted by Crippen LogP contribution is 2.13. The van der Waals surface area contributed by atoms with Gasteiger partial charge in [0.2, 0.25) is 0 Å². The molecular formula is C12H18O2. The number of rotatable bonds is 5. The van der Waals surface area contributed by atoms with Gasteiger partial charge in [0.1, 0.15) is 0 Å². The van der Waals surface area contributed by atoms with Crippen LogP contribution in [-0.2, 0) is 17.8 Å². The number of hydrogen-bond donors (Lipinski definition) is 1. The van der Waals surface area contributed by atoms with Crippen LogP contribution in [0.25, 0.3) is 0 Å². The van der Waals surface area contributed by atoms with E-state index in [0.717, 1.165) is 25.0 Å². The van der Waals surface area contributed by atoms with Crippen molar-refractivity contribution >= 4 is 0 Å². The fourth-order valence-corrected chi connectivity index (χ4v) is 1.50. The highest BCUT2D eigenvalue weighted by atomic mass is 16.5. The van der Waals surface area contributed by atoms with Crippen molar-refractivity contribution in [3.05, 3.63) is 34.9 Å². The van der Waals surface area contributed by atoms with E-state index in [9.17, 15) is 0 Å². The molecule has 0 fully saturated rings. The Hall–Kier alpha value is -0.860. The van der Waals surface area contributed by atoms with Crippen LogP contribution in [0.5, 0.6) is 0 Å². The molecule has 0 atom stereocenters. The molecule has 0 aromatic heterocycles. The van der Waals surface area contributed by atoms with Crippen molar-refractivity contribution in [2.24, 2.45) is 0 Å². The van der Waals surface area contributed by atoms with Gasteiger partial charge in [-0.25, -0.2) is 0 Å². The van der Waals surface area contributed by atoms with E-state index in [0.29, 0.717) is 0 Å². The second kappa shape index (κ2) is 5.78. The van der Waals surface area contributed by atoms with Crippen molar-refractivity contribution < 1.29 is 9.84 Å². The molecule has 0 aliphatic rings. The standard InChI is InChI=1S/C12H18O2/c1-10-5-6-11(9-13)8-12(10)4-3-7-14-2/h5-6,8,13H,3-4,7,9H2,1-2H3. The average molecular weight is 194 g/mol. The summed E-state index contributed by atoms with van der Waals surface area (Å²) in [5.41, 5.74) is 3.59. The van der Waals surface area contributed by atoms with E-state index in [1.54, 1.807) is 7.11 Å². The van der Waals surface area contributed by atoms with Crippen LogP contribution in [0.1, 0.15) is 23.1 Å². The van der Waals surface area contributed by atoms with Crippen LogP contribution in [0.4, 0.5) is 0 Å². The lowest BCUT2D eigenvalue weighted by atomic mass is 10.0. The Morgan fingerprint density at radius 3 is 2.79 bits per heavy atom. The molecule has 1 aromatic rings. The summed E-state index contributed by atoms with van der Waals surface area (Å²) >= 11 is 0. The monoisotopic (exact) mass is 194 g/mol. The number of aliphatic hydroxyl groups excluding tert-OH is 1. The summed E-state index contributed by atoms with van der Waals surface area (Å²) < 4.78 is 5.01. The Morgan fingerprint density at radius 1 is 1.36 bits per heavy atom. The summed E-state index contributed by atoms with van der Waals surface area (Å²) in [6, 6.07) is 6.10. The summed E-state index contributed by atoms with van der Waals surface area (Å²) in [5.74, 6) is 0. The molecule has 0 unspecified atom stereocenters. The summed E-state index contributed by atoms with van der Waals surface area (Å²) in [6.45, 7) is 3.02. The van der Waals surface area contributed by atoms with Crippen LogP contribution in [-0.4, -0.2) is 18.8 Å². The maximum Gasteiger partial charge on any atom is 0.0681 e. The van der Waals surface area contributed by atoms with Gasteiger partial charge in [0.15, 0.2) is 0 Å². The minimum Gasteiger partial charge on any atom is -0.392 e. The lowest BCUT2D eigenvalue weighted by Crippen LogP contribution is -1.96. The molecule has 0 aliphatic heterocycles. The first-order valence-electron chi connectivity index (χ1n) is 4.96. The van der Waals surface area contributed by atoms with Gasteiger partial charge in [0, 0.05) is 13.7 Å². The molecule has 2 heteroatoms. The number of methoxy groups -OCH3 is 1. The molecule has 2 nitrogen and oxygen atoms in total. The maximum atomic E-state index is 9.00. The fourth-order valence-electron chi connectivity index (χ4n) is 1.50. The quantitative estimate of drug-likeness (QED) is 0.727. The molecule has 1 N–H and O–H groups in total. The van der Waals surface area contributed by atoms with Crippen LogP contribution >= 0.6 is 0 Å². The van der Waals surface area contributed by atoms with E-state index in [4.69, 9.17) is 9.84 Å². The molecule has 1 aromatic carbocycles. The number of aryl methyl sites for hydroxylation is 2. The van der Waals surface area contributed by atoms with Crippen LogP contribution < -0.4 is 0 Å². The van der Waals surface area contributed by atoms with E-state index < -0.39 is 0 Å². The molecule has 14 heavy (non-hydrogen) atoms. The van der Waals surface area contributed by atoms with Gasteiger partial charge in [-0.15, -0.1) is 0 Å². The molecule has 0 saturated carbocycles. The normalized spacial score (nSPS) is 10.5. The summed E-state index contributed by atoms with van der Waals surface area (Å²) in [4.78, 5) is 0. The lowest BCUT2D eigenvalue weighted by Gasteiger charge is -2.07. The molecule has 78 valence electrons. The Morgan fingerprint density at radius 2 is 2.14 bits per heavy atom. The highest BCUT2D eigenvalue weighted by Gasteiger charge is 1.99. The Labute approximate surface area is 85.5 Å². The number of benzene rings is 1. The zero-order chi connectivity index (χ0) is 10.4. The topological polar surface area (TPSA) is 29.5 Å². The predicted octanol–water partition coefficient (Wildman–Crippen LogP) is 2.07. The minimum atomic E-state index is 0.123. The van der Waals surface area contributed by atoms with Gasteiger partial charge in [-0.3, -0.25) is 0 Å². The van der Waals surface area contributed by atoms with Gasteiger partial charge < -0.3 is 9.84 Å². The summed E-state index contributed by atoms with van der Waals surface area (Å²) in [7, 11) is 1.72. The fraction of sp³-hybridized carbons (Fsp3) is 0.500. The molecule has 0 spiro atoms.